The first-order chi connectivity index (χ1) is 11.3. The number of benzene rings is 1. The molecule has 1 aromatic rings. The maximum absolute atomic E-state index is 10.2. The van der Waals surface area contributed by atoms with E-state index in [4.69, 9.17) is 0 Å². The second-order valence-electron chi connectivity index (χ2n) is 6.95. The van der Waals surface area contributed by atoms with Gasteiger partial charge in [-0.15, -0.1) is 0 Å². The molecular weight excluding hydrogens is 282 g/mol. The largest absolute Gasteiger partial charge is 0.512 e. The minimum atomic E-state index is 0.264. The van der Waals surface area contributed by atoms with Crippen LogP contribution < -0.4 is 0 Å². The van der Waals surface area contributed by atoms with Crippen LogP contribution in [-0.4, -0.2) is 29.1 Å². The molecule has 2 nitrogen and oxygen atoms in total. The minimum Gasteiger partial charge on any atom is -0.512 e. The number of hydrogen-bond acceptors (Lipinski definition) is 2. The fourth-order valence-corrected chi connectivity index (χ4v) is 4.49. The van der Waals surface area contributed by atoms with Crippen LogP contribution in [0.4, 0.5) is 0 Å². The van der Waals surface area contributed by atoms with Gasteiger partial charge in [-0.1, -0.05) is 42.5 Å². The van der Waals surface area contributed by atoms with Gasteiger partial charge >= 0.3 is 0 Å². The Bertz CT molecular complexity index is 656. The number of fused-ring (bicyclic) bond motifs is 2. The topological polar surface area (TPSA) is 23.5 Å². The minimum absolute atomic E-state index is 0.264. The number of allylic oxidation sites excluding steroid dienone is 4. The summed E-state index contributed by atoms with van der Waals surface area (Å²) in [5.74, 6) is 0.829. The third-order valence-corrected chi connectivity index (χ3v) is 5.64. The molecule has 2 atom stereocenters. The first-order valence-electron chi connectivity index (χ1n) is 8.91. The van der Waals surface area contributed by atoms with E-state index in [-0.39, 0.29) is 5.92 Å². The molecule has 0 radical (unpaired) electrons. The van der Waals surface area contributed by atoms with Crippen molar-refractivity contribution >= 4 is 0 Å². The Morgan fingerprint density at radius 3 is 2.87 bits per heavy atom. The summed E-state index contributed by atoms with van der Waals surface area (Å²) in [5.41, 5.74) is 4.43. The van der Waals surface area contributed by atoms with Crippen LogP contribution in [0.1, 0.15) is 31.2 Å². The van der Waals surface area contributed by atoms with Crippen molar-refractivity contribution in [2.45, 2.75) is 38.1 Å². The Morgan fingerprint density at radius 1 is 1.13 bits per heavy atom. The van der Waals surface area contributed by atoms with Crippen molar-refractivity contribution in [1.29, 1.82) is 0 Å². The van der Waals surface area contributed by atoms with Crippen molar-refractivity contribution in [2.75, 3.05) is 13.1 Å². The Balaban J connectivity index is 1.52. The first kappa shape index (κ1) is 14.8. The van der Waals surface area contributed by atoms with Gasteiger partial charge in [0.05, 0.1) is 5.76 Å². The van der Waals surface area contributed by atoms with E-state index in [1.165, 1.54) is 36.9 Å². The summed E-state index contributed by atoms with van der Waals surface area (Å²) in [6.07, 6.45) is 12.0. The molecule has 1 saturated heterocycles. The molecule has 1 aliphatic heterocycles. The van der Waals surface area contributed by atoms with Gasteiger partial charge in [0.1, 0.15) is 0 Å². The van der Waals surface area contributed by atoms with Gasteiger partial charge in [-0.25, -0.2) is 0 Å². The monoisotopic (exact) mass is 307 g/mol. The van der Waals surface area contributed by atoms with Crippen LogP contribution in [0, 0.1) is 5.92 Å². The van der Waals surface area contributed by atoms with E-state index in [1.807, 2.05) is 12.2 Å². The SMILES string of the molecule is OC1=CC=CC2=C3CCCN(CCc4ccccc4)C3CCC12. The summed E-state index contributed by atoms with van der Waals surface area (Å²) in [7, 11) is 0. The van der Waals surface area contributed by atoms with E-state index < -0.39 is 0 Å². The van der Waals surface area contributed by atoms with E-state index in [9.17, 15) is 5.11 Å². The molecule has 2 unspecified atom stereocenters. The number of likely N-dealkylation sites (tertiary alicyclic amines) is 1. The lowest BCUT2D eigenvalue weighted by Gasteiger charge is -2.43. The average molecular weight is 307 g/mol. The van der Waals surface area contributed by atoms with Gasteiger partial charge in [-0.05, 0) is 61.4 Å². The Labute approximate surface area is 138 Å². The second-order valence-corrected chi connectivity index (χ2v) is 6.95. The maximum Gasteiger partial charge on any atom is 0.0997 e. The van der Waals surface area contributed by atoms with Gasteiger partial charge < -0.3 is 5.11 Å². The van der Waals surface area contributed by atoms with Gasteiger partial charge in [0.15, 0.2) is 0 Å². The number of aliphatic hydroxyl groups excluding tert-OH is 1. The number of aliphatic hydroxyl groups is 1. The van der Waals surface area contributed by atoms with E-state index in [2.05, 4.69) is 41.3 Å². The highest BCUT2D eigenvalue weighted by Crippen LogP contribution is 2.42. The van der Waals surface area contributed by atoms with Crippen molar-refractivity contribution in [1.82, 2.24) is 4.90 Å². The molecular formula is C21H25NO. The van der Waals surface area contributed by atoms with Crippen molar-refractivity contribution in [3.63, 3.8) is 0 Å². The number of rotatable bonds is 3. The average Bonchev–Trinajstić information content (AvgIpc) is 2.61. The van der Waals surface area contributed by atoms with E-state index in [1.54, 1.807) is 5.57 Å². The van der Waals surface area contributed by atoms with Crippen LogP contribution in [0.25, 0.3) is 0 Å². The standard InChI is InChI=1S/C21H25NO/c23-21-10-4-8-17-18-9-5-14-22(20(18)12-11-19(17)21)15-13-16-6-2-1-3-7-16/h1-4,6-8,10,19-20,23H,5,9,11-15H2. The highest BCUT2D eigenvalue weighted by Gasteiger charge is 2.36. The van der Waals surface area contributed by atoms with Crippen LogP contribution in [-0.2, 0) is 6.42 Å². The van der Waals surface area contributed by atoms with Crippen molar-refractivity contribution < 1.29 is 5.11 Å². The van der Waals surface area contributed by atoms with Crippen LogP contribution in [0.2, 0.25) is 0 Å². The van der Waals surface area contributed by atoms with Gasteiger partial charge in [-0.3, -0.25) is 4.90 Å². The van der Waals surface area contributed by atoms with Gasteiger partial charge in [0.25, 0.3) is 0 Å². The third-order valence-electron chi connectivity index (χ3n) is 5.64. The van der Waals surface area contributed by atoms with Crippen LogP contribution in [0.3, 0.4) is 0 Å². The molecule has 1 aromatic carbocycles. The smallest absolute Gasteiger partial charge is 0.0997 e. The molecule has 0 bridgehead atoms. The normalized spacial score (nSPS) is 27.4. The second kappa shape index (κ2) is 6.37. The Hall–Kier alpha value is -1.80. The zero-order valence-corrected chi connectivity index (χ0v) is 13.6. The van der Waals surface area contributed by atoms with Crippen molar-refractivity contribution in [3.8, 4) is 0 Å². The molecule has 0 spiro atoms. The lowest BCUT2D eigenvalue weighted by Crippen LogP contribution is -2.45. The lowest BCUT2D eigenvalue weighted by molar-refractivity contribution is 0.164. The summed E-state index contributed by atoms with van der Waals surface area (Å²) < 4.78 is 0. The number of nitrogens with zero attached hydrogens (tertiary/aromatic N) is 1. The van der Waals surface area contributed by atoms with Crippen LogP contribution >= 0.6 is 0 Å². The van der Waals surface area contributed by atoms with E-state index in [0.29, 0.717) is 11.8 Å². The maximum atomic E-state index is 10.2. The molecule has 2 heteroatoms. The molecule has 1 N–H and O–H groups in total. The molecule has 0 saturated carbocycles. The van der Waals surface area contributed by atoms with Gasteiger partial charge in [0.2, 0.25) is 0 Å². The fourth-order valence-electron chi connectivity index (χ4n) is 4.49. The van der Waals surface area contributed by atoms with Crippen LogP contribution in [0.15, 0.2) is 65.5 Å². The fraction of sp³-hybridized carbons (Fsp3) is 0.429. The predicted octanol–water partition coefficient (Wildman–Crippen LogP) is 4.41. The van der Waals surface area contributed by atoms with Crippen molar-refractivity contribution in [2.24, 2.45) is 5.92 Å². The predicted molar refractivity (Wildman–Crippen MR) is 94.3 cm³/mol. The molecule has 23 heavy (non-hydrogen) atoms. The highest BCUT2D eigenvalue weighted by atomic mass is 16.3. The molecule has 0 aromatic heterocycles. The lowest BCUT2D eigenvalue weighted by atomic mass is 9.74. The summed E-state index contributed by atoms with van der Waals surface area (Å²) in [6.45, 7) is 2.35. The summed E-state index contributed by atoms with van der Waals surface area (Å²) in [4.78, 5) is 2.68. The summed E-state index contributed by atoms with van der Waals surface area (Å²) in [6, 6.07) is 11.4. The zero-order valence-electron chi connectivity index (χ0n) is 13.6. The molecule has 2 aliphatic carbocycles. The van der Waals surface area contributed by atoms with Gasteiger partial charge in [0, 0.05) is 18.5 Å². The quantitative estimate of drug-likeness (QED) is 0.894. The summed E-state index contributed by atoms with van der Waals surface area (Å²) in [5, 5.41) is 10.2. The molecule has 0 amide bonds. The zero-order chi connectivity index (χ0) is 15.6. The Morgan fingerprint density at radius 2 is 2.00 bits per heavy atom. The first-order valence-corrected chi connectivity index (χ1v) is 8.91. The summed E-state index contributed by atoms with van der Waals surface area (Å²) >= 11 is 0. The molecule has 1 fully saturated rings. The highest BCUT2D eigenvalue weighted by molar-refractivity contribution is 5.43. The number of hydrogen-bond donors (Lipinski definition) is 1. The van der Waals surface area contributed by atoms with Crippen molar-refractivity contribution in [3.05, 3.63) is 71.0 Å². The molecule has 1 heterocycles. The Kier molecular flexibility index (Phi) is 4.09. The van der Waals surface area contributed by atoms with E-state index in [0.717, 1.165) is 19.4 Å². The molecule has 120 valence electrons. The third kappa shape index (κ3) is 2.88. The van der Waals surface area contributed by atoms with Crippen LogP contribution in [0.5, 0.6) is 0 Å². The number of piperidine rings is 1. The molecule has 3 aliphatic rings. The molecule has 4 rings (SSSR count). The van der Waals surface area contributed by atoms with E-state index >= 15 is 0 Å². The van der Waals surface area contributed by atoms with Gasteiger partial charge in [-0.2, -0.15) is 0 Å².